The number of rotatable bonds is 4. The first-order chi connectivity index (χ1) is 10.2. The van der Waals surface area contributed by atoms with E-state index in [1.54, 1.807) is 7.11 Å². The molecule has 1 aliphatic heterocycles. The summed E-state index contributed by atoms with van der Waals surface area (Å²) in [6.45, 7) is 12.6. The van der Waals surface area contributed by atoms with E-state index in [-0.39, 0.29) is 11.3 Å². The Morgan fingerprint density at radius 3 is 2.27 bits per heavy atom. The van der Waals surface area contributed by atoms with Gasteiger partial charge in [0.15, 0.2) is 12.0 Å². The number of ether oxygens (including phenoxy) is 3. The van der Waals surface area contributed by atoms with E-state index in [0.717, 1.165) is 36.7 Å². The lowest BCUT2D eigenvalue weighted by atomic mass is 10.2. The third kappa shape index (κ3) is 3.83. The van der Waals surface area contributed by atoms with E-state index in [2.05, 4.69) is 33.9 Å². The number of benzene rings is 1. The van der Waals surface area contributed by atoms with Crippen molar-refractivity contribution in [3.05, 3.63) is 23.8 Å². The number of hydrogen-bond donors (Lipinski definition) is 0. The SMILES string of the molecule is COc1cc(C2OCCCO2)ccc1O[Si](C)(C)C(C)(C)C. The first-order valence-corrected chi connectivity index (χ1v) is 10.8. The van der Waals surface area contributed by atoms with Gasteiger partial charge in [-0.2, -0.15) is 0 Å². The molecule has 0 saturated carbocycles. The van der Waals surface area contributed by atoms with Gasteiger partial charge in [0.05, 0.1) is 20.3 Å². The summed E-state index contributed by atoms with van der Waals surface area (Å²) in [5, 5.41) is 0.145. The van der Waals surface area contributed by atoms with E-state index in [0.29, 0.717) is 0 Å². The smallest absolute Gasteiger partial charge is 0.250 e. The summed E-state index contributed by atoms with van der Waals surface area (Å²) in [5.74, 6) is 1.54. The second-order valence-electron chi connectivity index (χ2n) is 7.20. The van der Waals surface area contributed by atoms with E-state index in [1.165, 1.54) is 0 Å². The summed E-state index contributed by atoms with van der Waals surface area (Å²) in [4.78, 5) is 0. The van der Waals surface area contributed by atoms with E-state index in [9.17, 15) is 0 Å². The van der Waals surface area contributed by atoms with Crippen LogP contribution in [0.25, 0.3) is 0 Å². The molecular weight excluding hydrogens is 296 g/mol. The molecule has 1 aromatic rings. The van der Waals surface area contributed by atoms with Crippen molar-refractivity contribution in [1.29, 1.82) is 0 Å². The van der Waals surface area contributed by atoms with Crippen LogP contribution in [0.5, 0.6) is 11.5 Å². The molecular formula is C17H28O4Si. The van der Waals surface area contributed by atoms with Gasteiger partial charge < -0.3 is 18.6 Å². The van der Waals surface area contributed by atoms with Gasteiger partial charge in [-0.25, -0.2) is 0 Å². The Morgan fingerprint density at radius 1 is 1.09 bits per heavy atom. The molecule has 1 fully saturated rings. The van der Waals surface area contributed by atoms with Crippen LogP contribution in [0.3, 0.4) is 0 Å². The lowest BCUT2D eigenvalue weighted by Gasteiger charge is -2.37. The van der Waals surface area contributed by atoms with Gasteiger partial charge in [-0.05, 0) is 36.7 Å². The second-order valence-corrected chi connectivity index (χ2v) is 11.9. The van der Waals surface area contributed by atoms with Crippen LogP contribution in [0, 0.1) is 0 Å². The van der Waals surface area contributed by atoms with E-state index >= 15 is 0 Å². The Hall–Kier alpha value is -1.04. The standard InChI is InChI=1S/C17H28O4Si/c1-17(2,3)22(5,6)21-14-9-8-13(12-15(14)18-4)16-19-10-7-11-20-16/h8-9,12,16H,7,10-11H2,1-6H3. The van der Waals surface area contributed by atoms with E-state index in [4.69, 9.17) is 18.6 Å². The molecule has 5 heteroatoms. The average Bonchev–Trinajstić information content (AvgIpc) is 2.47. The zero-order chi connectivity index (χ0) is 16.4. The molecule has 0 radical (unpaired) electrons. The normalized spacial score (nSPS) is 17.4. The fraction of sp³-hybridized carbons (Fsp3) is 0.647. The quantitative estimate of drug-likeness (QED) is 0.763. The molecule has 22 heavy (non-hydrogen) atoms. The minimum Gasteiger partial charge on any atom is -0.541 e. The molecule has 0 amide bonds. The molecule has 2 rings (SSSR count). The highest BCUT2D eigenvalue weighted by Crippen LogP contribution is 2.41. The molecule has 4 nitrogen and oxygen atoms in total. The predicted molar refractivity (Wildman–Crippen MR) is 90.1 cm³/mol. The molecule has 0 aliphatic carbocycles. The fourth-order valence-corrected chi connectivity index (χ4v) is 3.05. The average molecular weight is 324 g/mol. The minimum atomic E-state index is -1.89. The van der Waals surface area contributed by atoms with E-state index in [1.807, 2.05) is 18.2 Å². The van der Waals surface area contributed by atoms with Crippen LogP contribution in [0.1, 0.15) is 39.0 Å². The van der Waals surface area contributed by atoms with Crippen LogP contribution in [0.15, 0.2) is 18.2 Å². The monoisotopic (exact) mass is 324 g/mol. The molecule has 1 aliphatic rings. The molecule has 1 aromatic carbocycles. The van der Waals surface area contributed by atoms with E-state index < -0.39 is 8.32 Å². The first kappa shape index (κ1) is 17.3. The zero-order valence-electron chi connectivity index (χ0n) is 14.6. The highest BCUT2D eigenvalue weighted by molar-refractivity contribution is 6.74. The predicted octanol–water partition coefficient (Wildman–Crippen LogP) is 4.51. The first-order valence-electron chi connectivity index (χ1n) is 7.85. The van der Waals surface area contributed by atoms with Crippen molar-refractivity contribution in [2.75, 3.05) is 20.3 Å². The van der Waals surface area contributed by atoms with Gasteiger partial charge >= 0.3 is 0 Å². The van der Waals surface area contributed by atoms with Crippen molar-refractivity contribution >= 4 is 8.32 Å². The summed E-state index contributed by atoms with van der Waals surface area (Å²) in [6.07, 6.45) is 0.643. The molecule has 1 saturated heterocycles. The highest BCUT2D eigenvalue weighted by Gasteiger charge is 2.39. The maximum Gasteiger partial charge on any atom is 0.250 e. The molecule has 0 spiro atoms. The topological polar surface area (TPSA) is 36.9 Å². The Labute approximate surface area is 134 Å². The summed E-state index contributed by atoms with van der Waals surface area (Å²) < 4.78 is 23.2. The van der Waals surface area contributed by atoms with Gasteiger partial charge in [-0.15, -0.1) is 0 Å². The Kier molecular flexibility index (Phi) is 5.20. The number of methoxy groups -OCH3 is 1. The maximum absolute atomic E-state index is 6.36. The Balaban J connectivity index is 2.22. The molecule has 124 valence electrons. The van der Waals surface area contributed by atoms with Gasteiger partial charge in [-0.3, -0.25) is 0 Å². The van der Waals surface area contributed by atoms with Crippen molar-refractivity contribution < 1.29 is 18.6 Å². The molecule has 0 unspecified atom stereocenters. The van der Waals surface area contributed by atoms with Crippen molar-refractivity contribution in [3.8, 4) is 11.5 Å². The Morgan fingerprint density at radius 2 is 1.73 bits per heavy atom. The highest BCUT2D eigenvalue weighted by atomic mass is 28.4. The van der Waals surface area contributed by atoms with Crippen LogP contribution in [-0.2, 0) is 9.47 Å². The molecule has 0 N–H and O–H groups in total. The molecule has 1 heterocycles. The largest absolute Gasteiger partial charge is 0.541 e. The minimum absolute atomic E-state index is 0.145. The molecule has 0 aromatic heterocycles. The van der Waals surface area contributed by atoms with Gasteiger partial charge in [0.25, 0.3) is 8.32 Å². The van der Waals surface area contributed by atoms with Crippen LogP contribution in [0.4, 0.5) is 0 Å². The van der Waals surface area contributed by atoms with Gasteiger partial charge in [0, 0.05) is 5.56 Å². The summed E-state index contributed by atoms with van der Waals surface area (Å²) in [6, 6.07) is 5.93. The molecule has 0 atom stereocenters. The van der Waals surface area contributed by atoms with Crippen molar-refractivity contribution in [2.45, 2.75) is 51.6 Å². The van der Waals surface area contributed by atoms with Crippen LogP contribution in [-0.4, -0.2) is 28.6 Å². The third-order valence-corrected chi connectivity index (χ3v) is 8.80. The van der Waals surface area contributed by atoms with Crippen LogP contribution in [0.2, 0.25) is 18.1 Å². The maximum atomic E-state index is 6.36. The van der Waals surface area contributed by atoms with Crippen molar-refractivity contribution in [2.24, 2.45) is 0 Å². The second kappa shape index (κ2) is 6.60. The van der Waals surface area contributed by atoms with Gasteiger partial charge in [-0.1, -0.05) is 26.8 Å². The van der Waals surface area contributed by atoms with Gasteiger partial charge in [0.2, 0.25) is 0 Å². The van der Waals surface area contributed by atoms with Crippen LogP contribution >= 0.6 is 0 Å². The summed E-state index contributed by atoms with van der Waals surface area (Å²) in [7, 11) is -0.226. The van der Waals surface area contributed by atoms with Crippen molar-refractivity contribution in [1.82, 2.24) is 0 Å². The van der Waals surface area contributed by atoms with Gasteiger partial charge in [0.1, 0.15) is 5.75 Å². The lowest BCUT2D eigenvalue weighted by Crippen LogP contribution is -2.43. The number of hydrogen-bond acceptors (Lipinski definition) is 4. The fourth-order valence-electron chi connectivity index (χ4n) is 2.02. The third-order valence-electron chi connectivity index (χ3n) is 4.46. The summed E-state index contributed by atoms with van der Waals surface area (Å²) in [5.41, 5.74) is 0.971. The van der Waals surface area contributed by atoms with Crippen molar-refractivity contribution in [3.63, 3.8) is 0 Å². The zero-order valence-corrected chi connectivity index (χ0v) is 15.6. The lowest BCUT2D eigenvalue weighted by molar-refractivity contribution is -0.183. The summed E-state index contributed by atoms with van der Waals surface area (Å²) >= 11 is 0. The van der Waals surface area contributed by atoms with Crippen LogP contribution < -0.4 is 9.16 Å². The Bertz CT molecular complexity index is 502. The molecule has 0 bridgehead atoms.